The number of aliphatic hydroxyl groups excluding tert-OH is 1. The number of rotatable bonds is 5. The van der Waals surface area contributed by atoms with Crippen molar-refractivity contribution in [2.75, 3.05) is 6.61 Å². The van der Waals surface area contributed by atoms with Crippen LogP contribution < -0.4 is 5.32 Å². The van der Waals surface area contributed by atoms with Crippen LogP contribution in [0.5, 0.6) is 0 Å². The summed E-state index contributed by atoms with van der Waals surface area (Å²) in [6, 6.07) is 12.7. The highest BCUT2D eigenvalue weighted by molar-refractivity contribution is 5.92. The Morgan fingerprint density at radius 1 is 1.26 bits per heavy atom. The van der Waals surface area contributed by atoms with Crippen molar-refractivity contribution < 1.29 is 14.3 Å². The van der Waals surface area contributed by atoms with Crippen LogP contribution >= 0.6 is 0 Å². The molecule has 1 amide bonds. The summed E-state index contributed by atoms with van der Waals surface area (Å²) in [6.07, 6.45) is 1.67. The van der Waals surface area contributed by atoms with Crippen molar-refractivity contribution in [3.8, 4) is 11.5 Å². The lowest BCUT2D eigenvalue weighted by atomic mass is 10.1. The first-order valence-corrected chi connectivity index (χ1v) is 8.82. The fourth-order valence-corrected chi connectivity index (χ4v) is 2.94. The van der Waals surface area contributed by atoms with Crippen LogP contribution in [0.25, 0.3) is 28.1 Å². The van der Waals surface area contributed by atoms with Crippen LogP contribution in [0.4, 0.5) is 0 Å². The third kappa shape index (κ3) is 3.17. The molecule has 7 heteroatoms. The molecule has 3 heterocycles. The Labute approximate surface area is 155 Å². The molecule has 1 aromatic carbocycles. The highest BCUT2D eigenvalue weighted by atomic mass is 16.3. The van der Waals surface area contributed by atoms with Crippen molar-refractivity contribution in [3.63, 3.8) is 0 Å². The Bertz CT molecular complexity index is 1080. The largest absolute Gasteiger partial charge is 0.454 e. The Balaban J connectivity index is 1.72. The zero-order chi connectivity index (χ0) is 19.0. The van der Waals surface area contributed by atoms with Gasteiger partial charge in [-0.3, -0.25) is 4.79 Å². The predicted octanol–water partition coefficient (Wildman–Crippen LogP) is 2.89. The van der Waals surface area contributed by atoms with E-state index in [-0.39, 0.29) is 30.2 Å². The molecule has 0 saturated carbocycles. The standard InChI is InChI=1S/C20H20N4O3/c1-12(2)15(11-25)22-20(26)14-7-8-19-21-10-16(24(19)23-14)18-9-13-5-3-4-6-17(13)27-18/h3-10,12,15,25H,11H2,1-2H3,(H,22,26). The Kier molecular flexibility index (Phi) is 4.37. The van der Waals surface area contributed by atoms with Crippen LogP contribution in [-0.2, 0) is 0 Å². The van der Waals surface area contributed by atoms with Gasteiger partial charge in [0, 0.05) is 5.39 Å². The van der Waals surface area contributed by atoms with Gasteiger partial charge in [0.05, 0.1) is 18.8 Å². The van der Waals surface area contributed by atoms with Gasteiger partial charge in [0.1, 0.15) is 17.0 Å². The number of nitrogens with one attached hydrogen (secondary N) is 1. The molecule has 0 aliphatic rings. The van der Waals surface area contributed by atoms with Gasteiger partial charge in [-0.05, 0) is 30.2 Å². The van der Waals surface area contributed by atoms with Crippen LogP contribution in [0, 0.1) is 5.92 Å². The minimum absolute atomic E-state index is 0.113. The maximum atomic E-state index is 12.5. The maximum absolute atomic E-state index is 12.5. The first-order valence-electron chi connectivity index (χ1n) is 8.82. The third-order valence-electron chi connectivity index (χ3n) is 4.59. The second-order valence-corrected chi connectivity index (χ2v) is 6.79. The second kappa shape index (κ2) is 6.85. The van der Waals surface area contributed by atoms with Gasteiger partial charge >= 0.3 is 0 Å². The molecule has 4 rings (SSSR count). The second-order valence-electron chi connectivity index (χ2n) is 6.79. The quantitative estimate of drug-likeness (QED) is 0.568. The van der Waals surface area contributed by atoms with E-state index in [1.165, 1.54) is 0 Å². The van der Waals surface area contributed by atoms with Crippen LogP contribution in [0.1, 0.15) is 24.3 Å². The number of carbonyl (C=O) groups excluding carboxylic acids is 1. The molecule has 0 fully saturated rings. The molecule has 2 N–H and O–H groups in total. The molecule has 7 nitrogen and oxygen atoms in total. The SMILES string of the molecule is CC(C)C(CO)NC(=O)c1ccc2ncc(-c3cc4ccccc4o3)n2n1. The summed E-state index contributed by atoms with van der Waals surface area (Å²) in [7, 11) is 0. The molecule has 27 heavy (non-hydrogen) atoms. The number of hydrogen-bond donors (Lipinski definition) is 2. The van der Waals surface area contributed by atoms with E-state index in [0.717, 1.165) is 11.0 Å². The number of carbonyl (C=O) groups is 1. The summed E-state index contributed by atoms with van der Waals surface area (Å²) in [5.41, 5.74) is 2.30. The summed E-state index contributed by atoms with van der Waals surface area (Å²) < 4.78 is 7.49. The third-order valence-corrected chi connectivity index (χ3v) is 4.59. The number of amides is 1. The zero-order valence-corrected chi connectivity index (χ0v) is 15.1. The molecule has 0 aliphatic heterocycles. The van der Waals surface area contributed by atoms with E-state index in [0.29, 0.717) is 17.1 Å². The molecule has 3 aromatic heterocycles. The molecule has 0 spiro atoms. The molecular weight excluding hydrogens is 344 g/mol. The van der Waals surface area contributed by atoms with E-state index >= 15 is 0 Å². The van der Waals surface area contributed by atoms with Gasteiger partial charge in [-0.1, -0.05) is 32.0 Å². The van der Waals surface area contributed by atoms with E-state index in [1.807, 2.05) is 44.2 Å². The first-order chi connectivity index (χ1) is 13.1. The predicted molar refractivity (Wildman–Crippen MR) is 101 cm³/mol. The lowest BCUT2D eigenvalue weighted by molar-refractivity contribution is 0.0890. The van der Waals surface area contributed by atoms with Gasteiger partial charge in [0.15, 0.2) is 11.4 Å². The molecule has 1 atom stereocenters. The normalized spacial score (nSPS) is 12.7. The number of aromatic nitrogens is 3. The first kappa shape index (κ1) is 17.2. The average molecular weight is 364 g/mol. The number of aliphatic hydroxyl groups is 1. The average Bonchev–Trinajstić information content (AvgIpc) is 3.28. The minimum Gasteiger partial charge on any atom is -0.454 e. The number of para-hydroxylation sites is 1. The van der Waals surface area contributed by atoms with E-state index in [1.54, 1.807) is 22.8 Å². The molecule has 138 valence electrons. The van der Waals surface area contributed by atoms with E-state index < -0.39 is 0 Å². The summed E-state index contributed by atoms with van der Waals surface area (Å²) in [6.45, 7) is 3.75. The Morgan fingerprint density at radius 2 is 2.07 bits per heavy atom. The zero-order valence-electron chi connectivity index (χ0n) is 15.1. The molecule has 0 radical (unpaired) electrons. The summed E-state index contributed by atoms with van der Waals surface area (Å²) >= 11 is 0. The van der Waals surface area contributed by atoms with Crippen molar-refractivity contribution in [2.45, 2.75) is 19.9 Å². The van der Waals surface area contributed by atoms with E-state index in [9.17, 15) is 9.90 Å². The van der Waals surface area contributed by atoms with Crippen molar-refractivity contribution in [3.05, 3.63) is 54.4 Å². The van der Waals surface area contributed by atoms with Gasteiger partial charge in [0.25, 0.3) is 5.91 Å². The van der Waals surface area contributed by atoms with Crippen LogP contribution in [0.2, 0.25) is 0 Å². The fraction of sp³-hybridized carbons (Fsp3) is 0.250. The number of hydrogen-bond acceptors (Lipinski definition) is 5. The number of benzene rings is 1. The van der Waals surface area contributed by atoms with Gasteiger partial charge in [-0.2, -0.15) is 5.10 Å². The number of furan rings is 1. The van der Waals surface area contributed by atoms with Crippen molar-refractivity contribution >= 4 is 22.5 Å². The molecule has 4 aromatic rings. The van der Waals surface area contributed by atoms with Gasteiger partial charge in [-0.25, -0.2) is 9.50 Å². The molecule has 0 saturated heterocycles. The molecule has 1 unspecified atom stereocenters. The number of nitrogens with zero attached hydrogens (tertiary/aromatic N) is 3. The molecule has 0 bridgehead atoms. The van der Waals surface area contributed by atoms with Gasteiger partial charge < -0.3 is 14.8 Å². The van der Waals surface area contributed by atoms with Crippen LogP contribution in [0.3, 0.4) is 0 Å². The van der Waals surface area contributed by atoms with E-state index in [4.69, 9.17) is 4.42 Å². The van der Waals surface area contributed by atoms with Crippen molar-refractivity contribution in [1.82, 2.24) is 19.9 Å². The minimum atomic E-state index is -0.339. The highest BCUT2D eigenvalue weighted by Crippen LogP contribution is 2.27. The summed E-state index contributed by atoms with van der Waals surface area (Å²) in [4.78, 5) is 16.9. The monoisotopic (exact) mass is 364 g/mol. The lowest BCUT2D eigenvalue weighted by Gasteiger charge is -2.19. The fourth-order valence-electron chi connectivity index (χ4n) is 2.94. The van der Waals surface area contributed by atoms with E-state index in [2.05, 4.69) is 15.4 Å². The number of imidazole rings is 1. The summed E-state index contributed by atoms with van der Waals surface area (Å²) in [5, 5.41) is 17.7. The van der Waals surface area contributed by atoms with Gasteiger partial charge in [0.2, 0.25) is 0 Å². The summed E-state index contributed by atoms with van der Waals surface area (Å²) in [5.74, 6) is 0.403. The van der Waals surface area contributed by atoms with Crippen molar-refractivity contribution in [2.24, 2.45) is 5.92 Å². The number of fused-ring (bicyclic) bond motifs is 2. The Morgan fingerprint density at radius 3 is 2.81 bits per heavy atom. The van der Waals surface area contributed by atoms with Crippen molar-refractivity contribution in [1.29, 1.82) is 0 Å². The lowest BCUT2D eigenvalue weighted by Crippen LogP contribution is -2.41. The highest BCUT2D eigenvalue weighted by Gasteiger charge is 2.19. The van der Waals surface area contributed by atoms with Gasteiger partial charge in [-0.15, -0.1) is 0 Å². The van der Waals surface area contributed by atoms with Crippen LogP contribution in [0.15, 0.2) is 53.1 Å². The maximum Gasteiger partial charge on any atom is 0.272 e. The molecule has 0 aliphatic carbocycles. The Hall–Kier alpha value is -3.19. The smallest absolute Gasteiger partial charge is 0.272 e. The molecular formula is C20H20N4O3. The topological polar surface area (TPSA) is 92.7 Å². The van der Waals surface area contributed by atoms with Crippen LogP contribution in [-0.4, -0.2) is 38.3 Å².